The molecule has 0 unspecified atom stereocenters. The van der Waals surface area contributed by atoms with Gasteiger partial charge in [-0.1, -0.05) is 32.1 Å². The minimum atomic E-state index is -0.280. The molecule has 1 aliphatic rings. The third kappa shape index (κ3) is 7.46. The number of amides is 1. The molecule has 0 aliphatic heterocycles. The maximum absolute atomic E-state index is 12.3. The molecular weight excluding hydrogens is 270 g/mol. The molecule has 0 N–H and O–H groups in total. The highest BCUT2D eigenvalue weighted by Crippen LogP contribution is 2.27. The fourth-order valence-corrected chi connectivity index (χ4v) is 2.85. The Morgan fingerprint density at radius 2 is 1.76 bits per heavy atom. The molecule has 1 amide bonds. The van der Waals surface area contributed by atoms with Gasteiger partial charge in [0.25, 0.3) is 0 Å². The molecule has 0 aromatic heterocycles. The van der Waals surface area contributed by atoms with Crippen LogP contribution in [0.3, 0.4) is 0 Å². The largest absolute Gasteiger partial charge is 0.469 e. The molecule has 1 saturated carbocycles. The number of hydrogen-bond donors (Lipinski definition) is 0. The van der Waals surface area contributed by atoms with Gasteiger partial charge in [-0.2, -0.15) is 0 Å². The van der Waals surface area contributed by atoms with E-state index in [1.165, 1.54) is 39.2 Å². The highest BCUT2D eigenvalue weighted by Gasteiger charge is 2.18. The zero-order valence-electron chi connectivity index (χ0n) is 13.4. The summed E-state index contributed by atoms with van der Waals surface area (Å²) in [7, 11) is 2.98. The molecular formula is C16H29NO4. The summed E-state index contributed by atoms with van der Waals surface area (Å²) in [6.45, 7) is 1.45. The maximum atomic E-state index is 12.3. The van der Waals surface area contributed by atoms with Crippen molar-refractivity contribution >= 4 is 11.9 Å². The van der Waals surface area contributed by atoms with Crippen molar-refractivity contribution in [2.24, 2.45) is 5.92 Å². The van der Waals surface area contributed by atoms with Crippen LogP contribution in [0.15, 0.2) is 0 Å². The standard InChI is InChI=1S/C16H29NO4/c1-20-13-12-17(11-10-16(19)21-2)15(18)9-8-14-6-4-3-5-7-14/h14H,3-13H2,1-2H3. The molecule has 21 heavy (non-hydrogen) atoms. The van der Waals surface area contributed by atoms with E-state index in [0.29, 0.717) is 32.0 Å². The first-order valence-electron chi connectivity index (χ1n) is 8.01. The lowest BCUT2D eigenvalue weighted by Crippen LogP contribution is -2.36. The van der Waals surface area contributed by atoms with Gasteiger partial charge in [-0.15, -0.1) is 0 Å². The van der Waals surface area contributed by atoms with Crippen LogP contribution in [0.2, 0.25) is 0 Å². The van der Waals surface area contributed by atoms with Crippen LogP contribution in [0.1, 0.15) is 51.4 Å². The van der Waals surface area contributed by atoms with Crippen molar-refractivity contribution in [1.29, 1.82) is 0 Å². The third-order valence-corrected chi connectivity index (χ3v) is 4.22. The van der Waals surface area contributed by atoms with Gasteiger partial charge in [-0.25, -0.2) is 0 Å². The van der Waals surface area contributed by atoms with E-state index in [4.69, 9.17) is 4.74 Å². The molecule has 1 rings (SSSR count). The second-order valence-electron chi connectivity index (χ2n) is 5.74. The highest BCUT2D eigenvalue weighted by atomic mass is 16.5. The van der Waals surface area contributed by atoms with Crippen LogP contribution in [0, 0.1) is 5.92 Å². The van der Waals surface area contributed by atoms with Gasteiger partial charge in [0.2, 0.25) is 5.91 Å². The Bertz CT molecular complexity index is 313. The Hall–Kier alpha value is -1.10. The molecule has 0 atom stereocenters. The number of carbonyl (C=O) groups excluding carboxylic acids is 2. The van der Waals surface area contributed by atoms with Crippen molar-refractivity contribution in [3.63, 3.8) is 0 Å². The molecule has 0 aromatic rings. The van der Waals surface area contributed by atoms with E-state index in [-0.39, 0.29) is 18.3 Å². The zero-order chi connectivity index (χ0) is 15.5. The van der Waals surface area contributed by atoms with E-state index in [0.717, 1.165) is 6.42 Å². The first kappa shape index (κ1) is 18.0. The molecule has 0 heterocycles. The number of hydrogen-bond acceptors (Lipinski definition) is 4. The average molecular weight is 299 g/mol. The molecule has 0 radical (unpaired) electrons. The lowest BCUT2D eigenvalue weighted by molar-refractivity contribution is -0.142. The molecule has 1 fully saturated rings. The number of methoxy groups -OCH3 is 2. The van der Waals surface area contributed by atoms with Gasteiger partial charge in [0, 0.05) is 26.6 Å². The molecule has 5 heteroatoms. The van der Waals surface area contributed by atoms with Crippen molar-refractivity contribution in [2.45, 2.75) is 51.4 Å². The van der Waals surface area contributed by atoms with E-state index in [9.17, 15) is 9.59 Å². The average Bonchev–Trinajstić information content (AvgIpc) is 2.53. The van der Waals surface area contributed by atoms with Gasteiger partial charge in [-0.3, -0.25) is 9.59 Å². The third-order valence-electron chi connectivity index (χ3n) is 4.22. The minimum Gasteiger partial charge on any atom is -0.469 e. The van der Waals surface area contributed by atoms with Gasteiger partial charge in [-0.05, 0) is 12.3 Å². The summed E-state index contributed by atoms with van der Waals surface area (Å²) in [6, 6.07) is 0. The SMILES string of the molecule is COCCN(CCC(=O)OC)C(=O)CCC1CCCCC1. The summed E-state index contributed by atoms with van der Waals surface area (Å²) in [6.07, 6.45) is 8.25. The fraction of sp³-hybridized carbons (Fsp3) is 0.875. The Balaban J connectivity index is 2.35. The van der Waals surface area contributed by atoms with E-state index in [1.54, 1.807) is 12.0 Å². The molecule has 1 aliphatic carbocycles. The molecule has 0 spiro atoms. The Morgan fingerprint density at radius 3 is 2.38 bits per heavy atom. The lowest BCUT2D eigenvalue weighted by atomic mass is 9.86. The summed E-state index contributed by atoms with van der Waals surface area (Å²) in [5.74, 6) is 0.548. The Labute approximate surface area is 128 Å². The summed E-state index contributed by atoms with van der Waals surface area (Å²) in [5, 5.41) is 0. The highest BCUT2D eigenvalue weighted by molar-refractivity contribution is 5.77. The monoisotopic (exact) mass is 299 g/mol. The second-order valence-corrected chi connectivity index (χ2v) is 5.74. The summed E-state index contributed by atoms with van der Waals surface area (Å²) >= 11 is 0. The van der Waals surface area contributed by atoms with E-state index in [1.807, 2.05) is 0 Å². The van der Waals surface area contributed by atoms with Gasteiger partial charge in [0.1, 0.15) is 0 Å². The van der Waals surface area contributed by atoms with Crippen molar-refractivity contribution in [3.8, 4) is 0 Å². The number of rotatable bonds is 9. The quantitative estimate of drug-likeness (QED) is 0.613. The fourth-order valence-electron chi connectivity index (χ4n) is 2.85. The molecule has 122 valence electrons. The summed E-state index contributed by atoms with van der Waals surface area (Å²) in [5.41, 5.74) is 0. The normalized spacial score (nSPS) is 15.7. The predicted octanol–water partition coefficient (Wildman–Crippen LogP) is 2.38. The molecule has 0 aromatic carbocycles. The number of carbonyl (C=O) groups is 2. The van der Waals surface area contributed by atoms with Crippen LogP contribution in [0.4, 0.5) is 0 Å². The van der Waals surface area contributed by atoms with Crippen LogP contribution in [-0.2, 0) is 19.1 Å². The van der Waals surface area contributed by atoms with E-state index >= 15 is 0 Å². The van der Waals surface area contributed by atoms with E-state index in [2.05, 4.69) is 4.74 Å². The van der Waals surface area contributed by atoms with Crippen LogP contribution in [0.25, 0.3) is 0 Å². The van der Waals surface area contributed by atoms with E-state index < -0.39 is 0 Å². The van der Waals surface area contributed by atoms with Crippen LogP contribution >= 0.6 is 0 Å². The predicted molar refractivity (Wildman–Crippen MR) is 80.9 cm³/mol. The zero-order valence-corrected chi connectivity index (χ0v) is 13.4. The van der Waals surface area contributed by atoms with Crippen molar-refractivity contribution < 1.29 is 19.1 Å². The molecule has 0 bridgehead atoms. The first-order valence-corrected chi connectivity index (χ1v) is 8.01. The van der Waals surface area contributed by atoms with Crippen molar-refractivity contribution in [1.82, 2.24) is 4.90 Å². The molecule has 5 nitrogen and oxygen atoms in total. The maximum Gasteiger partial charge on any atom is 0.307 e. The van der Waals surface area contributed by atoms with Crippen LogP contribution in [-0.4, -0.2) is 50.7 Å². The number of ether oxygens (including phenoxy) is 2. The smallest absolute Gasteiger partial charge is 0.307 e. The van der Waals surface area contributed by atoms with Gasteiger partial charge >= 0.3 is 5.97 Å². The summed E-state index contributed by atoms with van der Waals surface area (Å²) in [4.78, 5) is 25.3. The van der Waals surface area contributed by atoms with Gasteiger partial charge in [0.15, 0.2) is 0 Å². The number of nitrogens with zero attached hydrogens (tertiary/aromatic N) is 1. The lowest BCUT2D eigenvalue weighted by Gasteiger charge is -2.25. The van der Waals surface area contributed by atoms with Gasteiger partial charge < -0.3 is 14.4 Å². The number of esters is 1. The Morgan fingerprint density at radius 1 is 1.05 bits per heavy atom. The van der Waals surface area contributed by atoms with Gasteiger partial charge in [0.05, 0.1) is 20.1 Å². The topological polar surface area (TPSA) is 55.8 Å². The van der Waals surface area contributed by atoms with Crippen LogP contribution < -0.4 is 0 Å². The summed E-state index contributed by atoms with van der Waals surface area (Å²) < 4.78 is 9.67. The second kappa shape index (κ2) is 10.6. The Kier molecular flexibility index (Phi) is 9.06. The van der Waals surface area contributed by atoms with Crippen LogP contribution in [0.5, 0.6) is 0 Å². The molecule has 0 saturated heterocycles. The first-order chi connectivity index (χ1) is 10.2. The van der Waals surface area contributed by atoms with Crippen molar-refractivity contribution in [3.05, 3.63) is 0 Å². The minimum absolute atomic E-state index is 0.126. The van der Waals surface area contributed by atoms with Crippen molar-refractivity contribution in [2.75, 3.05) is 33.9 Å².